The van der Waals surface area contributed by atoms with Gasteiger partial charge in [-0.25, -0.2) is 4.90 Å². The number of imide groups is 1. The van der Waals surface area contributed by atoms with Crippen molar-refractivity contribution >= 4 is 46.4 Å². The Morgan fingerprint density at radius 1 is 0.943 bits per heavy atom. The molecule has 3 amide bonds. The number of rotatable bonds is 7. The van der Waals surface area contributed by atoms with Gasteiger partial charge in [-0.3, -0.25) is 14.4 Å². The maximum absolute atomic E-state index is 13.1. The molecule has 0 saturated heterocycles. The molecule has 0 aliphatic carbocycles. The summed E-state index contributed by atoms with van der Waals surface area (Å²) in [5, 5.41) is 5.61. The third-order valence-corrected chi connectivity index (χ3v) is 5.93. The number of hydrogen-bond donors (Lipinski definition) is 2. The highest BCUT2D eigenvalue weighted by Gasteiger charge is 2.40. The largest absolute Gasteiger partial charge is 0.495 e. The van der Waals surface area contributed by atoms with Crippen LogP contribution in [0.2, 0.25) is 0 Å². The predicted molar refractivity (Wildman–Crippen MR) is 137 cm³/mol. The van der Waals surface area contributed by atoms with Gasteiger partial charge >= 0.3 is 0 Å². The molecule has 0 fully saturated rings. The SMILES string of the molecule is COc1ccccc1N1C(=O)C(Cl)=C(Nc2cccc(C(=O)Nc3ccccc3C(C)C)c2)C1=O. The quantitative estimate of drug-likeness (QED) is 0.427. The Morgan fingerprint density at radius 2 is 1.66 bits per heavy atom. The highest BCUT2D eigenvalue weighted by molar-refractivity contribution is 6.53. The van der Waals surface area contributed by atoms with Crippen molar-refractivity contribution in [3.63, 3.8) is 0 Å². The van der Waals surface area contributed by atoms with E-state index in [0.29, 0.717) is 17.0 Å². The molecule has 178 valence electrons. The Bertz CT molecular complexity index is 1350. The molecule has 1 aliphatic heterocycles. The molecule has 1 aliphatic rings. The van der Waals surface area contributed by atoms with Gasteiger partial charge in [-0.05, 0) is 47.9 Å². The molecular weight excluding hydrogens is 466 g/mol. The Hall–Kier alpha value is -4.10. The van der Waals surface area contributed by atoms with Gasteiger partial charge in [-0.2, -0.15) is 0 Å². The third kappa shape index (κ3) is 4.76. The van der Waals surface area contributed by atoms with Gasteiger partial charge in [0, 0.05) is 16.9 Å². The number of nitrogens with zero attached hydrogens (tertiary/aromatic N) is 1. The van der Waals surface area contributed by atoms with Gasteiger partial charge in [-0.15, -0.1) is 0 Å². The van der Waals surface area contributed by atoms with Crippen molar-refractivity contribution in [2.24, 2.45) is 0 Å². The smallest absolute Gasteiger partial charge is 0.283 e. The van der Waals surface area contributed by atoms with Gasteiger partial charge in [0.2, 0.25) is 0 Å². The third-order valence-electron chi connectivity index (χ3n) is 5.58. The number of anilines is 3. The minimum absolute atomic E-state index is 0.0784. The molecule has 0 aromatic heterocycles. The molecule has 0 radical (unpaired) electrons. The van der Waals surface area contributed by atoms with Crippen LogP contribution < -0.4 is 20.3 Å². The van der Waals surface area contributed by atoms with E-state index in [0.717, 1.165) is 16.2 Å². The molecule has 3 aromatic carbocycles. The topological polar surface area (TPSA) is 87.7 Å². The molecule has 0 spiro atoms. The number of carbonyl (C=O) groups excluding carboxylic acids is 3. The highest BCUT2D eigenvalue weighted by atomic mass is 35.5. The summed E-state index contributed by atoms with van der Waals surface area (Å²) in [5.74, 6) is -0.981. The van der Waals surface area contributed by atoms with Gasteiger partial charge in [0.25, 0.3) is 17.7 Å². The molecule has 2 N–H and O–H groups in total. The minimum atomic E-state index is -0.664. The zero-order chi connectivity index (χ0) is 25.1. The first-order valence-electron chi connectivity index (χ1n) is 11.0. The Morgan fingerprint density at radius 3 is 2.40 bits per heavy atom. The normalized spacial score (nSPS) is 13.5. The van der Waals surface area contributed by atoms with E-state index in [4.69, 9.17) is 16.3 Å². The second kappa shape index (κ2) is 10.0. The number of halogens is 1. The van der Waals surface area contributed by atoms with Crippen molar-refractivity contribution in [1.29, 1.82) is 0 Å². The average molecular weight is 490 g/mol. The monoisotopic (exact) mass is 489 g/mol. The first-order valence-corrected chi connectivity index (χ1v) is 11.4. The summed E-state index contributed by atoms with van der Waals surface area (Å²) < 4.78 is 5.28. The van der Waals surface area contributed by atoms with Crippen molar-refractivity contribution in [1.82, 2.24) is 0 Å². The Balaban J connectivity index is 1.56. The van der Waals surface area contributed by atoms with Crippen LogP contribution in [0.5, 0.6) is 5.75 Å². The van der Waals surface area contributed by atoms with Crippen molar-refractivity contribution in [3.8, 4) is 5.75 Å². The first kappa shape index (κ1) is 24.0. The number of amides is 3. The lowest BCUT2D eigenvalue weighted by Gasteiger charge is -2.18. The van der Waals surface area contributed by atoms with Crippen LogP contribution in [-0.4, -0.2) is 24.8 Å². The minimum Gasteiger partial charge on any atom is -0.495 e. The Labute approximate surface area is 208 Å². The second-order valence-electron chi connectivity index (χ2n) is 8.21. The number of ether oxygens (including phenoxy) is 1. The molecule has 0 saturated carbocycles. The number of methoxy groups -OCH3 is 1. The fourth-order valence-corrected chi connectivity index (χ4v) is 4.05. The van der Waals surface area contributed by atoms with E-state index in [-0.39, 0.29) is 28.2 Å². The molecular formula is C27H24ClN3O4. The standard InChI is InChI=1S/C27H24ClN3O4/c1-16(2)19-11-4-5-12-20(19)30-25(32)17-9-8-10-18(15-17)29-24-23(28)26(33)31(27(24)34)21-13-6-7-14-22(21)35-3/h4-16,29H,1-3H3,(H,30,32). The van der Waals surface area contributed by atoms with E-state index >= 15 is 0 Å². The van der Waals surface area contributed by atoms with Gasteiger partial charge < -0.3 is 15.4 Å². The molecule has 0 bridgehead atoms. The number of carbonyl (C=O) groups is 3. The number of benzene rings is 3. The van der Waals surface area contributed by atoms with Crippen LogP contribution in [0.25, 0.3) is 0 Å². The zero-order valence-corrected chi connectivity index (χ0v) is 20.2. The summed E-state index contributed by atoms with van der Waals surface area (Å²) in [5.41, 5.74) is 2.79. The summed E-state index contributed by atoms with van der Waals surface area (Å²) in [7, 11) is 1.45. The summed E-state index contributed by atoms with van der Waals surface area (Å²) in [6.07, 6.45) is 0. The molecule has 35 heavy (non-hydrogen) atoms. The van der Waals surface area contributed by atoms with Crippen LogP contribution in [0.1, 0.15) is 35.7 Å². The summed E-state index contributed by atoms with van der Waals surface area (Å²) in [6, 6.07) is 20.9. The molecule has 1 heterocycles. The summed E-state index contributed by atoms with van der Waals surface area (Å²) in [4.78, 5) is 39.8. The van der Waals surface area contributed by atoms with Gasteiger partial charge in [0.05, 0.1) is 12.8 Å². The first-order chi connectivity index (χ1) is 16.8. The highest BCUT2D eigenvalue weighted by Crippen LogP contribution is 2.35. The number of para-hydroxylation sites is 3. The lowest BCUT2D eigenvalue weighted by molar-refractivity contribution is -0.120. The zero-order valence-electron chi connectivity index (χ0n) is 19.5. The van der Waals surface area contributed by atoms with Gasteiger partial charge in [-0.1, -0.05) is 61.8 Å². The van der Waals surface area contributed by atoms with Crippen LogP contribution in [0.3, 0.4) is 0 Å². The van der Waals surface area contributed by atoms with E-state index in [1.165, 1.54) is 7.11 Å². The fourth-order valence-electron chi connectivity index (χ4n) is 3.84. The lowest BCUT2D eigenvalue weighted by Crippen LogP contribution is -2.32. The van der Waals surface area contributed by atoms with Crippen LogP contribution in [0, 0.1) is 0 Å². The predicted octanol–water partition coefficient (Wildman–Crippen LogP) is 5.51. The van der Waals surface area contributed by atoms with Crippen molar-refractivity contribution in [2.75, 3.05) is 22.6 Å². The van der Waals surface area contributed by atoms with Crippen LogP contribution in [-0.2, 0) is 9.59 Å². The molecule has 3 aromatic rings. The van der Waals surface area contributed by atoms with E-state index < -0.39 is 11.8 Å². The molecule has 7 nitrogen and oxygen atoms in total. The number of hydrogen-bond acceptors (Lipinski definition) is 5. The van der Waals surface area contributed by atoms with E-state index in [9.17, 15) is 14.4 Å². The number of nitrogens with one attached hydrogen (secondary N) is 2. The maximum atomic E-state index is 13.1. The maximum Gasteiger partial charge on any atom is 0.283 e. The van der Waals surface area contributed by atoms with E-state index in [2.05, 4.69) is 24.5 Å². The molecule has 8 heteroatoms. The van der Waals surface area contributed by atoms with Crippen molar-refractivity contribution in [2.45, 2.75) is 19.8 Å². The van der Waals surface area contributed by atoms with Gasteiger partial charge in [0.15, 0.2) is 0 Å². The summed E-state index contributed by atoms with van der Waals surface area (Å²) in [6.45, 7) is 4.11. The van der Waals surface area contributed by atoms with Crippen LogP contribution in [0.15, 0.2) is 83.5 Å². The molecule has 0 atom stereocenters. The van der Waals surface area contributed by atoms with Crippen LogP contribution in [0.4, 0.5) is 17.1 Å². The fraction of sp³-hybridized carbons (Fsp3) is 0.148. The molecule has 4 rings (SSSR count). The second-order valence-corrected chi connectivity index (χ2v) is 8.59. The lowest BCUT2D eigenvalue weighted by atomic mass is 10.0. The van der Waals surface area contributed by atoms with Crippen LogP contribution >= 0.6 is 11.6 Å². The van der Waals surface area contributed by atoms with E-state index in [1.54, 1.807) is 48.5 Å². The Kier molecular flexibility index (Phi) is 6.89. The van der Waals surface area contributed by atoms with Crippen molar-refractivity contribution in [3.05, 3.63) is 94.7 Å². The van der Waals surface area contributed by atoms with Gasteiger partial charge in [0.1, 0.15) is 16.5 Å². The van der Waals surface area contributed by atoms with E-state index in [1.807, 2.05) is 24.3 Å². The summed E-state index contributed by atoms with van der Waals surface area (Å²) >= 11 is 6.26. The average Bonchev–Trinajstić information content (AvgIpc) is 3.07. The van der Waals surface area contributed by atoms with Crippen molar-refractivity contribution < 1.29 is 19.1 Å². The molecule has 0 unspecified atom stereocenters.